The lowest BCUT2D eigenvalue weighted by Gasteiger charge is -2.23. The maximum absolute atomic E-state index is 11.7. The number of carbonyl (C=O) groups excluding carboxylic acids is 1. The van der Waals surface area contributed by atoms with E-state index < -0.39 is 0 Å². The number of hydrogen-bond donors (Lipinski definition) is 1. The van der Waals surface area contributed by atoms with Crippen molar-refractivity contribution in [2.45, 2.75) is 52.1 Å². The van der Waals surface area contributed by atoms with E-state index in [1.54, 1.807) is 0 Å². The van der Waals surface area contributed by atoms with E-state index in [-0.39, 0.29) is 12.0 Å². The van der Waals surface area contributed by atoms with Crippen molar-refractivity contribution in [2.75, 3.05) is 26.2 Å². The maximum Gasteiger partial charge on any atom is 0.323 e. The average molecular weight is 242 g/mol. The fourth-order valence-corrected chi connectivity index (χ4v) is 2.41. The van der Waals surface area contributed by atoms with Gasteiger partial charge in [0.2, 0.25) is 0 Å². The monoisotopic (exact) mass is 242 g/mol. The summed E-state index contributed by atoms with van der Waals surface area (Å²) in [6.45, 7) is 9.55. The Labute approximate surface area is 105 Å². The Balaban J connectivity index is 2.35. The Hall–Kier alpha value is -0.610. The summed E-state index contributed by atoms with van der Waals surface area (Å²) in [6.07, 6.45) is 3.41. The first-order valence-electron chi connectivity index (χ1n) is 6.83. The maximum atomic E-state index is 11.7. The van der Waals surface area contributed by atoms with Gasteiger partial charge in [-0.1, -0.05) is 6.92 Å². The quantitative estimate of drug-likeness (QED) is 0.685. The topological polar surface area (TPSA) is 41.6 Å². The van der Waals surface area contributed by atoms with Crippen LogP contribution in [0.15, 0.2) is 0 Å². The molecule has 0 radical (unpaired) electrons. The van der Waals surface area contributed by atoms with E-state index in [9.17, 15) is 4.79 Å². The third kappa shape index (κ3) is 4.64. The van der Waals surface area contributed by atoms with Crippen molar-refractivity contribution in [2.24, 2.45) is 0 Å². The molecule has 1 fully saturated rings. The molecule has 1 aliphatic heterocycles. The van der Waals surface area contributed by atoms with Crippen molar-refractivity contribution in [3.8, 4) is 0 Å². The molecule has 0 spiro atoms. The molecule has 0 saturated carbocycles. The van der Waals surface area contributed by atoms with Gasteiger partial charge in [0.05, 0.1) is 6.61 Å². The molecule has 0 aliphatic carbocycles. The van der Waals surface area contributed by atoms with Gasteiger partial charge in [0.1, 0.15) is 6.04 Å². The van der Waals surface area contributed by atoms with Crippen molar-refractivity contribution in [3.05, 3.63) is 0 Å². The molecule has 2 atom stereocenters. The van der Waals surface area contributed by atoms with Crippen molar-refractivity contribution in [1.82, 2.24) is 10.2 Å². The van der Waals surface area contributed by atoms with Gasteiger partial charge in [-0.25, -0.2) is 0 Å². The summed E-state index contributed by atoms with van der Waals surface area (Å²) in [7, 11) is 0. The molecule has 1 rings (SSSR count). The standard InChI is InChI=1S/C13H26N2O2/c1-4-14-12(13(16)17-5-2)8-10-15-9-6-7-11(15)3/h11-12,14H,4-10H2,1-3H3. The number of carbonyl (C=O) groups is 1. The van der Waals surface area contributed by atoms with Gasteiger partial charge >= 0.3 is 5.97 Å². The SMILES string of the molecule is CCNC(CCN1CCCC1C)C(=O)OCC. The second-order valence-corrected chi connectivity index (χ2v) is 4.68. The molecular weight excluding hydrogens is 216 g/mol. The van der Waals surface area contributed by atoms with Crippen LogP contribution in [0.3, 0.4) is 0 Å². The van der Waals surface area contributed by atoms with E-state index in [0.717, 1.165) is 19.5 Å². The van der Waals surface area contributed by atoms with Crippen LogP contribution in [0, 0.1) is 0 Å². The van der Waals surface area contributed by atoms with E-state index in [4.69, 9.17) is 4.74 Å². The summed E-state index contributed by atoms with van der Waals surface area (Å²) in [6, 6.07) is 0.521. The number of likely N-dealkylation sites (N-methyl/N-ethyl adjacent to an activating group) is 1. The van der Waals surface area contributed by atoms with Gasteiger partial charge in [0.25, 0.3) is 0 Å². The zero-order valence-electron chi connectivity index (χ0n) is 11.4. The Morgan fingerprint density at radius 1 is 1.53 bits per heavy atom. The predicted molar refractivity (Wildman–Crippen MR) is 69.0 cm³/mol. The summed E-state index contributed by atoms with van der Waals surface area (Å²) < 4.78 is 5.08. The number of nitrogens with zero attached hydrogens (tertiary/aromatic N) is 1. The highest BCUT2D eigenvalue weighted by Crippen LogP contribution is 2.16. The highest BCUT2D eigenvalue weighted by atomic mass is 16.5. The second-order valence-electron chi connectivity index (χ2n) is 4.68. The normalized spacial score (nSPS) is 22.6. The van der Waals surface area contributed by atoms with Gasteiger partial charge in [0, 0.05) is 12.6 Å². The number of ether oxygens (including phenoxy) is 1. The Morgan fingerprint density at radius 2 is 2.29 bits per heavy atom. The third-order valence-corrected chi connectivity index (χ3v) is 3.42. The molecule has 0 aromatic heterocycles. The molecular formula is C13H26N2O2. The molecule has 1 aliphatic rings. The Kier molecular flexibility index (Phi) is 6.52. The summed E-state index contributed by atoms with van der Waals surface area (Å²) in [5.41, 5.74) is 0. The number of rotatable bonds is 7. The molecule has 0 amide bonds. The lowest BCUT2D eigenvalue weighted by Crippen LogP contribution is -2.41. The van der Waals surface area contributed by atoms with Crippen LogP contribution in [0.1, 0.15) is 40.0 Å². The van der Waals surface area contributed by atoms with Gasteiger partial charge in [-0.05, 0) is 46.2 Å². The predicted octanol–water partition coefficient (Wildman–Crippen LogP) is 1.40. The van der Waals surface area contributed by atoms with E-state index in [0.29, 0.717) is 12.6 Å². The molecule has 0 aromatic carbocycles. The van der Waals surface area contributed by atoms with Crippen LogP contribution in [0.5, 0.6) is 0 Å². The first-order valence-corrected chi connectivity index (χ1v) is 6.83. The zero-order chi connectivity index (χ0) is 12.7. The first-order chi connectivity index (χ1) is 8.19. The number of nitrogens with one attached hydrogen (secondary N) is 1. The van der Waals surface area contributed by atoms with E-state index >= 15 is 0 Å². The number of likely N-dealkylation sites (tertiary alicyclic amines) is 1. The molecule has 1 N–H and O–H groups in total. The van der Waals surface area contributed by atoms with Crippen LogP contribution in [-0.4, -0.2) is 49.2 Å². The molecule has 1 saturated heterocycles. The molecule has 4 heteroatoms. The van der Waals surface area contributed by atoms with Crippen LogP contribution in [0.4, 0.5) is 0 Å². The third-order valence-electron chi connectivity index (χ3n) is 3.42. The number of esters is 1. The minimum absolute atomic E-state index is 0.110. The van der Waals surface area contributed by atoms with Crippen LogP contribution in [-0.2, 0) is 9.53 Å². The highest BCUT2D eigenvalue weighted by Gasteiger charge is 2.24. The lowest BCUT2D eigenvalue weighted by atomic mass is 10.2. The van der Waals surface area contributed by atoms with Crippen molar-refractivity contribution < 1.29 is 9.53 Å². The first kappa shape index (κ1) is 14.5. The Bertz CT molecular complexity index is 233. The molecule has 2 unspecified atom stereocenters. The molecule has 0 aromatic rings. The second kappa shape index (κ2) is 7.67. The molecule has 1 heterocycles. The minimum atomic E-state index is -0.146. The van der Waals surface area contributed by atoms with Crippen molar-refractivity contribution in [3.63, 3.8) is 0 Å². The molecule has 4 nitrogen and oxygen atoms in total. The number of hydrogen-bond acceptors (Lipinski definition) is 4. The van der Waals surface area contributed by atoms with Crippen LogP contribution in [0.25, 0.3) is 0 Å². The van der Waals surface area contributed by atoms with E-state index in [1.807, 2.05) is 13.8 Å². The fraction of sp³-hybridized carbons (Fsp3) is 0.923. The molecule has 100 valence electrons. The summed E-state index contributed by atoms with van der Waals surface area (Å²) in [5.74, 6) is -0.110. The van der Waals surface area contributed by atoms with Gasteiger partial charge in [0.15, 0.2) is 0 Å². The molecule has 17 heavy (non-hydrogen) atoms. The van der Waals surface area contributed by atoms with Crippen LogP contribution in [0.2, 0.25) is 0 Å². The fourth-order valence-electron chi connectivity index (χ4n) is 2.41. The summed E-state index contributed by atoms with van der Waals surface area (Å²) in [5, 5.41) is 3.20. The van der Waals surface area contributed by atoms with Gasteiger partial charge in [-0.3, -0.25) is 4.79 Å². The highest BCUT2D eigenvalue weighted by molar-refractivity contribution is 5.75. The van der Waals surface area contributed by atoms with E-state index in [2.05, 4.69) is 17.1 Å². The molecule has 0 bridgehead atoms. The smallest absolute Gasteiger partial charge is 0.323 e. The van der Waals surface area contributed by atoms with Gasteiger partial charge < -0.3 is 15.0 Å². The van der Waals surface area contributed by atoms with Crippen molar-refractivity contribution >= 4 is 5.97 Å². The lowest BCUT2D eigenvalue weighted by molar-refractivity contribution is -0.145. The minimum Gasteiger partial charge on any atom is -0.465 e. The summed E-state index contributed by atoms with van der Waals surface area (Å²) in [4.78, 5) is 14.2. The van der Waals surface area contributed by atoms with Gasteiger partial charge in [-0.2, -0.15) is 0 Å². The summed E-state index contributed by atoms with van der Waals surface area (Å²) >= 11 is 0. The largest absolute Gasteiger partial charge is 0.465 e. The van der Waals surface area contributed by atoms with Crippen molar-refractivity contribution in [1.29, 1.82) is 0 Å². The zero-order valence-corrected chi connectivity index (χ0v) is 11.4. The van der Waals surface area contributed by atoms with Crippen LogP contribution >= 0.6 is 0 Å². The van der Waals surface area contributed by atoms with Crippen LogP contribution < -0.4 is 5.32 Å². The van der Waals surface area contributed by atoms with E-state index in [1.165, 1.54) is 19.4 Å². The average Bonchev–Trinajstić information content (AvgIpc) is 2.70. The van der Waals surface area contributed by atoms with Gasteiger partial charge in [-0.15, -0.1) is 0 Å². The Morgan fingerprint density at radius 3 is 2.82 bits per heavy atom.